The maximum atomic E-state index is 11.7. The summed E-state index contributed by atoms with van der Waals surface area (Å²) in [4.78, 5) is 17.7. The average molecular weight is 337 g/mol. The van der Waals surface area contributed by atoms with Crippen molar-refractivity contribution in [2.24, 2.45) is 0 Å². The molecule has 23 heavy (non-hydrogen) atoms. The van der Waals surface area contributed by atoms with Crippen molar-refractivity contribution in [2.45, 2.75) is 0 Å². The maximum absolute atomic E-state index is 11.7. The number of anilines is 2. The van der Waals surface area contributed by atoms with Crippen LogP contribution in [0.4, 0.5) is 11.5 Å². The van der Waals surface area contributed by atoms with E-state index in [1.165, 1.54) is 13.2 Å². The fraction of sp³-hybridized carbons (Fsp3) is 0.250. The predicted molar refractivity (Wildman–Crippen MR) is 88.2 cm³/mol. The van der Waals surface area contributed by atoms with E-state index in [-0.39, 0.29) is 5.15 Å². The Bertz CT molecular complexity index is 721. The molecule has 122 valence electrons. The molecule has 0 saturated heterocycles. The fourth-order valence-electron chi connectivity index (χ4n) is 2.08. The molecular weight excluding hydrogens is 320 g/mol. The standard InChI is InChI=1S/C16H17ClN2O4/c1-19(12-6-5-11(21-2)9-13(12)22-3)15-8-10(16(20)23-4)7-14(17)18-15/h5-9H,1-4H3. The van der Waals surface area contributed by atoms with Crippen LogP contribution < -0.4 is 14.4 Å². The summed E-state index contributed by atoms with van der Waals surface area (Å²) in [6.45, 7) is 0. The third kappa shape index (κ3) is 3.65. The van der Waals surface area contributed by atoms with Crippen molar-refractivity contribution >= 4 is 29.1 Å². The number of hydrogen-bond donors (Lipinski definition) is 0. The number of pyridine rings is 1. The summed E-state index contributed by atoms with van der Waals surface area (Å²) in [5, 5.41) is 0.197. The second kappa shape index (κ2) is 7.19. The number of methoxy groups -OCH3 is 3. The Morgan fingerprint density at radius 3 is 2.48 bits per heavy atom. The van der Waals surface area contributed by atoms with Crippen LogP contribution in [-0.2, 0) is 4.74 Å². The van der Waals surface area contributed by atoms with Crippen LogP contribution >= 0.6 is 11.6 Å². The third-order valence-electron chi connectivity index (χ3n) is 3.29. The fourth-order valence-corrected chi connectivity index (χ4v) is 2.28. The van der Waals surface area contributed by atoms with Crippen LogP contribution in [0.25, 0.3) is 0 Å². The third-order valence-corrected chi connectivity index (χ3v) is 3.49. The van der Waals surface area contributed by atoms with Gasteiger partial charge in [-0.25, -0.2) is 9.78 Å². The first-order valence-corrected chi connectivity index (χ1v) is 7.09. The zero-order valence-corrected chi connectivity index (χ0v) is 14.0. The highest BCUT2D eigenvalue weighted by molar-refractivity contribution is 6.29. The van der Waals surface area contributed by atoms with Gasteiger partial charge in [-0.1, -0.05) is 11.6 Å². The number of carbonyl (C=O) groups is 1. The van der Waals surface area contributed by atoms with E-state index in [2.05, 4.69) is 4.98 Å². The molecule has 0 aliphatic carbocycles. The Morgan fingerprint density at radius 1 is 1.13 bits per heavy atom. The summed E-state index contributed by atoms with van der Waals surface area (Å²) >= 11 is 6.01. The Labute approximate surface area is 139 Å². The smallest absolute Gasteiger partial charge is 0.338 e. The van der Waals surface area contributed by atoms with E-state index in [1.807, 2.05) is 6.07 Å². The quantitative estimate of drug-likeness (QED) is 0.616. The molecule has 6 nitrogen and oxygen atoms in total. The second-order valence-corrected chi connectivity index (χ2v) is 5.01. The summed E-state index contributed by atoms with van der Waals surface area (Å²) in [5.41, 5.74) is 1.07. The molecule has 0 unspecified atom stereocenters. The molecule has 0 radical (unpaired) electrons. The summed E-state index contributed by atoms with van der Waals surface area (Å²) in [7, 11) is 6.26. The van der Waals surface area contributed by atoms with Crippen LogP contribution in [0.2, 0.25) is 5.15 Å². The number of halogens is 1. The lowest BCUT2D eigenvalue weighted by Gasteiger charge is -2.22. The topological polar surface area (TPSA) is 60.9 Å². The van der Waals surface area contributed by atoms with Gasteiger partial charge in [0.25, 0.3) is 0 Å². The first kappa shape index (κ1) is 16.9. The zero-order valence-electron chi connectivity index (χ0n) is 13.3. The van der Waals surface area contributed by atoms with Gasteiger partial charge in [0.2, 0.25) is 0 Å². The molecule has 0 spiro atoms. The minimum Gasteiger partial charge on any atom is -0.497 e. The number of rotatable bonds is 5. The Balaban J connectivity index is 2.46. The number of ether oxygens (including phenoxy) is 3. The molecular formula is C16H17ClN2O4. The normalized spacial score (nSPS) is 10.1. The summed E-state index contributed by atoms with van der Waals surface area (Å²) in [6.07, 6.45) is 0. The van der Waals surface area contributed by atoms with Crippen molar-refractivity contribution in [3.8, 4) is 11.5 Å². The number of hydrogen-bond acceptors (Lipinski definition) is 6. The van der Waals surface area contributed by atoms with E-state index in [4.69, 9.17) is 25.8 Å². The number of nitrogens with zero attached hydrogens (tertiary/aromatic N) is 2. The predicted octanol–water partition coefficient (Wildman–Crippen LogP) is 3.31. The maximum Gasteiger partial charge on any atom is 0.338 e. The van der Waals surface area contributed by atoms with E-state index >= 15 is 0 Å². The van der Waals surface area contributed by atoms with E-state index in [1.54, 1.807) is 44.4 Å². The van der Waals surface area contributed by atoms with Crippen LogP contribution in [0.5, 0.6) is 11.5 Å². The Hall–Kier alpha value is -2.47. The summed E-state index contributed by atoms with van der Waals surface area (Å²) in [5.74, 6) is 1.29. The molecule has 1 aromatic carbocycles. The van der Waals surface area contributed by atoms with Crippen LogP contribution in [0.1, 0.15) is 10.4 Å². The second-order valence-electron chi connectivity index (χ2n) is 4.63. The first-order valence-electron chi connectivity index (χ1n) is 6.71. The van der Waals surface area contributed by atoms with Gasteiger partial charge in [-0.3, -0.25) is 0 Å². The molecule has 0 bridgehead atoms. The van der Waals surface area contributed by atoms with Gasteiger partial charge in [-0.15, -0.1) is 0 Å². The molecule has 2 aromatic rings. The molecule has 1 heterocycles. The number of esters is 1. The molecule has 7 heteroatoms. The average Bonchev–Trinajstić information content (AvgIpc) is 2.59. The van der Waals surface area contributed by atoms with Gasteiger partial charge in [-0.2, -0.15) is 0 Å². The van der Waals surface area contributed by atoms with Crippen molar-refractivity contribution in [1.29, 1.82) is 0 Å². The van der Waals surface area contributed by atoms with Crippen LogP contribution in [0.3, 0.4) is 0 Å². The monoisotopic (exact) mass is 336 g/mol. The van der Waals surface area contributed by atoms with Crippen LogP contribution in [0.15, 0.2) is 30.3 Å². The molecule has 0 amide bonds. The van der Waals surface area contributed by atoms with Gasteiger partial charge in [0.15, 0.2) is 0 Å². The Kier molecular flexibility index (Phi) is 5.28. The lowest BCUT2D eigenvalue weighted by molar-refractivity contribution is 0.0600. The van der Waals surface area contributed by atoms with E-state index < -0.39 is 5.97 Å². The zero-order chi connectivity index (χ0) is 17.0. The van der Waals surface area contributed by atoms with Crippen molar-refractivity contribution < 1.29 is 19.0 Å². The largest absolute Gasteiger partial charge is 0.497 e. The van der Waals surface area contributed by atoms with E-state index in [0.717, 1.165) is 5.69 Å². The Morgan fingerprint density at radius 2 is 1.87 bits per heavy atom. The molecule has 0 saturated carbocycles. The van der Waals surface area contributed by atoms with Gasteiger partial charge < -0.3 is 19.1 Å². The lowest BCUT2D eigenvalue weighted by Crippen LogP contribution is -2.14. The molecule has 2 rings (SSSR count). The van der Waals surface area contributed by atoms with Gasteiger partial charge in [0, 0.05) is 13.1 Å². The SMILES string of the molecule is COC(=O)c1cc(Cl)nc(N(C)c2ccc(OC)cc2OC)c1. The molecule has 0 N–H and O–H groups in total. The van der Waals surface area contributed by atoms with E-state index in [9.17, 15) is 4.79 Å². The van der Waals surface area contributed by atoms with Crippen LogP contribution in [-0.4, -0.2) is 39.3 Å². The van der Waals surface area contributed by atoms with E-state index in [0.29, 0.717) is 22.9 Å². The lowest BCUT2D eigenvalue weighted by atomic mass is 10.2. The minimum atomic E-state index is -0.481. The molecule has 1 aromatic heterocycles. The van der Waals surface area contributed by atoms with Gasteiger partial charge in [0.1, 0.15) is 22.5 Å². The molecule has 0 atom stereocenters. The number of benzene rings is 1. The van der Waals surface area contributed by atoms with Gasteiger partial charge in [-0.05, 0) is 24.3 Å². The van der Waals surface area contributed by atoms with Crippen molar-refractivity contribution in [3.05, 3.63) is 41.0 Å². The highest BCUT2D eigenvalue weighted by Gasteiger charge is 2.16. The molecule has 0 aliphatic heterocycles. The molecule has 0 fully saturated rings. The van der Waals surface area contributed by atoms with Crippen molar-refractivity contribution in [2.75, 3.05) is 33.3 Å². The highest BCUT2D eigenvalue weighted by Crippen LogP contribution is 2.35. The van der Waals surface area contributed by atoms with Crippen LogP contribution in [0, 0.1) is 0 Å². The number of carbonyl (C=O) groups excluding carboxylic acids is 1. The minimum absolute atomic E-state index is 0.197. The van der Waals surface area contributed by atoms with Gasteiger partial charge in [0.05, 0.1) is 32.6 Å². The first-order chi connectivity index (χ1) is 11.0. The highest BCUT2D eigenvalue weighted by atomic mass is 35.5. The number of aromatic nitrogens is 1. The van der Waals surface area contributed by atoms with Gasteiger partial charge >= 0.3 is 5.97 Å². The summed E-state index contributed by atoms with van der Waals surface area (Å²) < 4.78 is 15.3. The summed E-state index contributed by atoms with van der Waals surface area (Å²) in [6, 6.07) is 8.45. The van der Waals surface area contributed by atoms with Crippen molar-refractivity contribution in [3.63, 3.8) is 0 Å². The molecule has 0 aliphatic rings. The van der Waals surface area contributed by atoms with Crippen molar-refractivity contribution in [1.82, 2.24) is 4.98 Å².